The third-order valence-electron chi connectivity index (χ3n) is 3.58. The molecule has 0 saturated carbocycles. The second-order valence-corrected chi connectivity index (χ2v) is 5.97. The highest BCUT2D eigenvalue weighted by Gasteiger charge is 2.35. The summed E-state index contributed by atoms with van der Waals surface area (Å²) in [6.07, 6.45) is -7.64. The van der Waals surface area contributed by atoms with E-state index >= 15 is 0 Å². The van der Waals surface area contributed by atoms with Gasteiger partial charge in [-0.25, -0.2) is 13.6 Å². The van der Waals surface area contributed by atoms with E-state index < -0.39 is 53.3 Å². The lowest BCUT2D eigenvalue weighted by Gasteiger charge is -2.22. The smallest absolute Gasteiger partial charge is 0.419 e. The van der Waals surface area contributed by atoms with Crippen molar-refractivity contribution in [3.8, 4) is 5.75 Å². The molecule has 1 N–H and O–H groups in total. The minimum absolute atomic E-state index is 0.0734. The monoisotopic (exact) mass is 417 g/mol. The van der Waals surface area contributed by atoms with Crippen molar-refractivity contribution in [1.82, 2.24) is 5.32 Å². The van der Waals surface area contributed by atoms with Gasteiger partial charge in [0.1, 0.15) is 17.4 Å². The van der Waals surface area contributed by atoms with Crippen molar-refractivity contribution in [3.63, 3.8) is 0 Å². The van der Waals surface area contributed by atoms with Crippen molar-refractivity contribution in [1.29, 1.82) is 0 Å². The number of hydrogen-bond donors (Lipinski definition) is 1. The largest absolute Gasteiger partial charge is 0.474 e. The van der Waals surface area contributed by atoms with Crippen molar-refractivity contribution >= 4 is 11.9 Å². The molecule has 2 atom stereocenters. The minimum Gasteiger partial charge on any atom is -0.474 e. The number of amides is 1. The van der Waals surface area contributed by atoms with Crippen molar-refractivity contribution in [2.24, 2.45) is 0 Å². The third-order valence-corrected chi connectivity index (χ3v) is 3.58. The molecule has 0 heterocycles. The minimum atomic E-state index is -4.98. The van der Waals surface area contributed by atoms with Crippen molar-refractivity contribution < 1.29 is 41.0 Å². The van der Waals surface area contributed by atoms with Gasteiger partial charge in [0, 0.05) is 12.5 Å². The fourth-order valence-corrected chi connectivity index (χ4v) is 2.37. The predicted octanol–water partition coefficient (Wildman–Crippen LogP) is 4.13. The van der Waals surface area contributed by atoms with Gasteiger partial charge in [0.2, 0.25) is 12.0 Å². The van der Waals surface area contributed by atoms with Crippen LogP contribution in [-0.2, 0) is 20.5 Å². The van der Waals surface area contributed by atoms with Crippen molar-refractivity contribution in [2.45, 2.75) is 32.4 Å². The second-order valence-electron chi connectivity index (χ2n) is 5.97. The summed E-state index contributed by atoms with van der Waals surface area (Å²) in [5.74, 6) is -4.13. The molecule has 1 amide bonds. The average Bonchev–Trinajstić information content (AvgIpc) is 2.60. The van der Waals surface area contributed by atoms with Crippen LogP contribution in [0.5, 0.6) is 5.75 Å². The Morgan fingerprint density at radius 3 is 2.21 bits per heavy atom. The van der Waals surface area contributed by atoms with Gasteiger partial charge in [0.15, 0.2) is 6.23 Å². The Kier molecular flexibility index (Phi) is 6.78. The van der Waals surface area contributed by atoms with E-state index in [1.807, 2.05) is 0 Å². The van der Waals surface area contributed by atoms with Gasteiger partial charge < -0.3 is 14.8 Å². The molecule has 0 aliphatic carbocycles. The summed E-state index contributed by atoms with van der Waals surface area (Å²) in [7, 11) is 0. The van der Waals surface area contributed by atoms with Gasteiger partial charge in [-0.15, -0.1) is 0 Å². The first-order valence-corrected chi connectivity index (χ1v) is 8.24. The number of carbonyl (C=O) groups is 2. The molecule has 0 fully saturated rings. The van der Waals surface area contributed by atoms with Gasteiger partial charge in [-0.05, 0) is 37.3 Å². The highest BCUT2D eigenvalue weighted by molar-refractivity contribution is 5.78. The van der Waals surface area contributed by atoms with Crippen LogP contribution in [0.3, 0.4) is 0 Å². The first kappa shape index (κ1) is 22.1. The summed E-state index contributed by atoms with van der Waals surface area (Å²) in [5.41, 5.74) is -1.50. The number of rotatable bonds is 6. The van der Waals surface area contributed by atoms with Crippen LogP contribution >= 0.6 is 0 Å². The zero-order valence-electron chi connectivity index (χ0n) is 15.2. The summed E-state index contributed by atoms with van der Waals surface area (Å²) in [6, 6.07) is 6.24. The lowest BCUT2D eigenvalue weighted by molar-refractivity contribution is -0.159. The number of esters is 1. The lowest BCUT2D eigenvalue weighted by atomic mass is 10.1. The fraction of sp³-hybridized carbons (Fsp3) is 0.263. The molecule has 0 saturated heterocycles. The van der Waals surface area contributed by atoms with Crippen LogP contribution in [0.2, 0.25) is 0 Å². The molecule has 0 spiro atoms. The van der Waals surface area contributed by atoms with Crippen LogP contribution in [0.4, 0.5) is 22.0 Å². The van der Waals surface area contributed by atoms with E-state index in [-0.39, 0.29) is 5.56 Å². The molecular formula is C19H16F5NO4. The molecule has 10 heteroatoms. The SMILES string of the molecule is CC(=O)NC(C)OC(=O)C(Oc1ccc(F)c(C(F)(F)F)c1)c1ccc(F)cc1. The number of ether oxygens (including phenoxy) is 2. The van der Waals surface area contributed by atoms with Gasteiger partial charge in [0.25, 0.3) is 0 Å². The molecular weight excluding hydrogens is 401 g/mol. The lowest BCUT2D eigenvalue weighted by Crippen LogP contribution is -2.36. The molecule has 2 rings (SSSR count). The Balaban J connectivity index is 2.34. The molecule has 0 aromatic heterocycles. The first-order valence-electron chi connectivity index (χ1n) is 8.24. The maximum Gasteiger partial charge on any atom is 0.419 e. The van der Waals surface area contributed by atoms with Gasteiger partial charge in [0.05, 0.1) is 5.56 Å². The maximum atomic E-state index is 13.5. The van der Waals surface area contributed by atoms with E-state index in [4.69, 9.17) is 9.47 Å². The molecule has 0 radical (unpaired) electrons. The molecule has 2 aromatic rings. The van der Waals surface area contributed by atoms with Crippen molar-refractivity contribution in [3.05, 3.63) is 65.2 Å². The van der Waals surface area contributed by atoms with Crippen LogP contribution in [-0.4, -0.2) is 18.1 Å². The standard InChI is InChI=1S/C19H16F5NO4/c1-10(26)25-11(2)28-18(27)17(12-3-5-13(20)6-4-12)29-14-7-8-16(21)15(9-14)19(22,23)24/h3-9,11,17H,1-2H3,(H,25,26). The molecule has 0 aliphatic heterocycles. The van der Waals surface area contributed by atoms with E-state index in [1.54, 1.807) is 0 Å². The molecule has 5 nitrogen and oxygen atoms in total. The van der Waals surface area contributed by atoms with Gasteiger partial charge >= 0.3 is 12.1 Å². The van der Waals surface area contributed by atoms with Crippen LogP contribution < -0.4 is 10.1 Å². The molecule has 2 aromatic carbocycles. The summed E-state index contributed by atoms with van der Waals surface area (Å²) in [6.45, 7) is 2.54. The zero-order valence-corrected chi connectivity index (χ0v) is 15.2. The molecule has 0 bridgehead atoms. The number of nitrogens with one attached hydrogen (secondary N) is 1. The van der Waals surface area contributed by atoms with Crippen molar-refractivity contribution in [2.75, 3.05) is 0 Å². The Morgan fingerprint density at radius 2 is 1.66 bits per heavy atom. The molecule has 156 valence electrons. The Labute approximate surface area is 162 Å². The van der Waals surface area contributed by atoms with Gasteiger partial charge in [-0.2, -0.15) is 13.2 Å². The molecule has 0 aliphatic rings. The average molecular weight is 417 g/mol. The summed E-state index contributed by atoms with van der Waals surface area (Å²) < 4.78 is 75.7. The van der Waals surface area contributed by atoms with E-state index in [0.717, 1.165) is 18.2 Å². The quantitative estimate of drug-likeness (QED) is 0.436. The van der Waals surface area contributed by atoms with E-state index in [0.29, 0.717) is 12.1 Å². The van der Waals surface area contributed by atoms with Gasteiger partial charge in [-0.1, -0.05) is 12.1 Å². The van der Waals surface area contributed by atoms with E-state index in [2.05, 4.69) is 5.32 Å². The summed E-state index contributed by atoms with van der Waals surface area (Å²) >= 11 is 0. The summed E-state index contributed by atoms with van der Waals surface area (Å²) in [5, 5.41) is 2.29. The van der Waals surface area contributed by atoms with Crippen LogP contribution in [0.15, 0.2) is 42.5 Å². The maximum absolute atomic E-state index is 13.5. The van der Waals surface area contributed by atoms with E-state index in [9.17, 15) is 31.5 Å². The fourth-order valence-electron chi connectivity index (χ4n) is 2.37. The Morgan fingerprint density at radius 1 is 1.03 bits per heavy atom. The topological polar surface area (TPSA) is 64.6 Å². The second kappa shape index (κ2) is 8.89. The molecule has 2 unspecified atom stereocenters. The third kappa shape index (κ3) is 6.16. The first-order chi connectivity index (χ1) is 13.5. The van der Waals surface area contributed by atoms with Gasteiger partial charge in [-0.3, -0.25) is 4.79 Å². The van der Waals surface area contributed by atoms with Crippen LogP contribution in [0.1, 0.15) is 31.1 Å². The van der Waals surface area contributed by atoms with E-state index in [1.165, 1.54) is 26.0 Å². The molecule has 29 heavy (non-hydrogen) atoms. The Hall–Kier alpha value is -3.17. The number of carbonyl (C=O) groups excluding carboxylic acids is 2. The Bertz CT molecular complexity index is 883. The number of alkyl halides is 3. The number of benzene rings is 2. The van der Waals surface area contributed by atoms with Crippen LogP contribution in [0.25, 0.3) is 0 Å². The number of halogens is 5. The predicted molar refractivity (Wildman–Crippen MR) is 90.5 cm³/mol. The van der Waals surface area contributed by atoms with Crippen LogP contribution in [0, 0.1) is 11.6 Å². The normalized spacial score (nSPS) is 13.3. The highest BCUT2D eigenvalue weighted by atomic mass is 19.4. The zero-order chi connectivity index (χ0) is 21.8. The highest BCUT2D eigenvalue weighted by Crippen LogP contribution is 2.35. The number of hydrogen-bond acceptors (Lipinski definition) is 4. The summed E-state index contributed by atoms with van der Waals surface area (Å²) in [4.78, 5) is 23.5.